The van der Waals surface area contributed by atoms with Crippen molar-refractivity contribution in [3.8, 4) is 0 Å². The third-order valence-corrected chi connectivity index (χ3v) is 5.03. The van der Waals surface area contributed by atoms with Gasteiger partial charge in [0.1, 0.15) is 6.17 Å². The van der Waals surface area contributed by atoms with Crippen LogP contribution in [-0.2, 0) is 4.79 Å². The number of carbonyl (C=O) groups is 1. The van der Waals surface area contributed by atoms with Gasteiger partial charge in [-0.05, 0) is 43.7 Å². The number of hydrogen-bond donors (Lipinski definition) is 1. The van der Waals surface area contributed by atoms with Gasteiger partial charge in [-0.3, -0.25) is 10.1 Å². The second-order valence-electron chi connectivity index (χ2n) is 6.87. The predicted octanol–water partition coefficient (Wildman–Crippen LogP) is 3.31. The Hall–Kier alpha value is -1.35. The second kappa shape index (κ2) is 5.80. The lowest BCUT2D eigenvalue weighted by atomic mass is 9.85. The van der Waals surface area contributed by atoms with Gasteiger partial charge in [-0.1, -0.05) is 43.5 Å². The lowest BCUT2D eigenvalue weighted by Crippen LogP contribution is -2.42. The van der Waals surface area contributed by atoms with Crippen molar-refractivity contribution in [1.29, 1.82) is 0 Å². The Bertz CT molecular complexity index is 540. The van der Waals surface area contributed by atoms with Crippen LogP contribution in [0.4, 0.5) is 0 Å². The molecule has 1 N–H and O–H groups in total. The minimum absolute atomic E-state index is 0.0633. The fraction of sp³-hybridized carbons (Fsp3) is 0.611. The van der Waals surface area contributed by atoms with Crippen molar-refractivity contribution < 1.29 is 4.79 Å². The van der Waals surface area contributed by atoms with E-state index in [1.807, 2.05) is 0 Å². The average molecular weight is 286 g/mol. The number of amides is 1. The number of carbonyl (C=O) groups excluding carboxylic acids is 1. The molecule has 0 radical (unpaired) electrons. The third kappa shape index (κ3) is 2.84. The summed E-state index contributed by atoms with van der Waals surface area (Å²) in [6, 6.07) is 6.94. The number of benzene rings is 1. The first-order valence-corrected chi connectivity index (χ1v) is 8.18. The molecule has 1 saturated heterocycles. The Morgan fingerprint density at radius 1 is 1.24 bits per heavy atom. The van der Waals surface area contributed by atoms with Crippen molar-refractivity contribution in [2.45, 2.75) is 58.7 Å². The van der Waals surface area contributed by atoms with Crippen molar-refractivity contribution >= 4 is 5.91 Å². The van der Waals surface area contributed by atoms with Gasteiger partial charge in [0.15, 0.2) is 0 Å². The Morgan fingerprint density at radius 2 is 2.05 bits per heavy atom. The van der Waals surface area contributed by atoms with Crippen LogP contribution >= 0.6 is 0 Å². The number of rotatable bonds is 2. The third-order valence-electron chi connectivity index (χ3n) is 5.03. The van der Waals surface area contributed by atoms with Crippen molar-refractivity contribution in [2.24, 2.45) is 5.92 Å². The van der Waals surface area contributed by atoms with E-state index < -0.39 is 0 Å². The van der Waals surface area contributed by atoms with Gasteiger partial charge in [-0.15, -0.1) is 0 Å². The maximum Gasteiger partial charge on any atom is 0.238 e. The van der Waals surface area contributed by atoms with Crippen LogP contribution in [0.25, 0.3) is 0 Å². The van der Waals surface area contributed by atoms with Gasteiger partial charge < -0.3 is 4.90 Å². The summed E-state index contributed by atoms with van der Waals surface area (Å²) in [5.41, 5.74) is 3.80. The van der Waals surface area contributed by atoms with E-state index in [2.05, 4.69) is 49.2 Å². The molecule has 1 amide bonds. The summed E-state index contributed by atoms with van der Waals surface area (Å²) < 4.78 is 0. The van der Waals surface area contributed by atoms with E-state index in [1.165, 1.54) is 29.5 Å². The van der Waals surface area contributed by atoms with Crippen molar-refractivity contribution in [3.63, 3.8) is 0 Å². The molecule has 1 saturated carbocycles. The molecule has 1 heterocycles. The van der Waals surface area contributed by atoms with E-state index in [4.69, 9.17) is 0 Å². The van der Waals surface area contributed by atoms with Crippen LogP contribution in [0.5, 0.6) is 0 Å². The maximum absolute atomic E-state index is 12.4. The van der Waals surface area contributed by atoms with Gasteiger partial charge in [0.25, 0.3) is 0 Å². The van der Waals surface area contributed by atoms with Crippen LogP contribution in [0.1, 0.15) is 55.5 Å². The predicted molar refractivity (Wildman–Crippen MR) is 84.9 cm³/mol. The van der Waals surface area contributed by atoms with Crippen molar-refractivity contribution in [1.82, 2.24) is 10.2 Å². The summed E-state index contributed by atoms with van der Waals surface area (Å²) in [4.78, 5) is 14.5. The molecule has 2 aliphatic rings. The summed E-state index contributed by atoms with van der Waals surface area (Å²) in [5.74, 6) is 0.996. The smallest absolute Gasteiger partial charge is 0.238 e. The minimum Gasteiger partial charge on any atom is -0.319 e. The van der Waals surface area contributed by atoms with E-state index in [-0.39, 0.29) is 12.1 Å². The molecule has 1 aliphatic carbocycles. The first-order valence-electron chi connectivity index (χ1n) is 8.18. The van der Waals surface area contributed by atoms with Gasteiger partial charge in [0.2, 0.25) is 5.91 Å². The lowest BCUT2D eigenvalue weighted by Gasteiger charge is -2.38. The van der Waals surface area contributed by atoms with E-state index in [9.17, 15) is 4.79 Å². The molecule has 2 fully saturated rings. The maximum atomic E-state index is 12.4. The molecule has 3 rings (SSSR count). The highest BCUT2D eigenvalue weighted by molar-refractivity contribution is 5.81. The number of nitrogens with zero attached hydrogens (tertiary/aromatic N) is 1. The first-order chi connectivity index (χ1) is 10.1. The molecular formula is C18H26N2O. The monoisotopic (exact) mass is 286 g/mol. The molecule has 1 aromatic rings. The molecule has 1 aliphatic heterocycles. The van der Waals surface area contributed by atoms with Crippen LogP contribution in [0, 0.1) is 19.8 Å². The molecule has 3 unspecified atom stereocenters. The first kappa shape index (κ1) is 14.6. The fourth-order valence-electron chi connectivity index (χ4n) is 3.98. The zero-order valence-corrected chi connectivity index (χ0v) is 13.4. The highest BCUT2D eigenvalue weighted by Gasteiger charge is 2.38. The molecule has 0 spiro atoms. The van der Waals surface area contributed by atoms with Crippen molar-refractivity contribution in [2.75, 3.05) is 6.54 Å². The van der Waals surface area contributed by atoms with E-state index in [0.717, 1.165) is 18.8 Å². The standard InChI is InChI=1S/C18H26N2O/c1-12-5-4-6-15(10-12)20-17(21)11-19-18(20)16-8-7-13(2)9-14(16)3/h7-9,12,15,18-19H,4-6,10-11H2,1-3H3. The number of aryl methyl sites for hydroxylation is 2. The highest BCUT2D eigenvalue weighted by Crippen LogP contribution is 2.34. The summed E-state index contributed by atoms with van der Waals surface area (Å²) in [6.45, 7) is 7.05. The summed E-state index contributed by atoms with van der Waals surface area (Å²) in [5, 5.41) is 3.42. The van der Waals surface area contributed by atoms with Crippen molar-refractivity contribution in [3.05, 3.63) is 34.9 Å². The van der Waals surface area contributed by atoms with Gasteiger partial charge in [-0.25, -0.2) is 0 Å². The van der Waals surface area contributed by atoms with Crippen LogP contribution in [-0.4, -0.2) is 23.4 Å². The summed E-state index contributed by atoms with van der Waals surface area (Å²) in [7, 11) is 0. The van der Waals surface area contributed by atoms with E-state index in [1.54, 1.807) is 0 Å². The fourth-order valence-corrected chi connectivity index (χ4v) is 3.98. The molecule has 114 valence electrons. The Labute approximate surface area is 127 Å². The average Bonchev–Trinajstić information content (AvgIpc) is 2.80. The number of nitrogens with one attached hydrogen (secondary N) is 1. The van der Waals surface area contributed by atoms with Gasteiger partial charge in [-0.2, -0.15) is 0 Å². The molecule has 3 heteroatoms. The molecule has 1 aromatic carbocycles. The number of hydrogen-bond acceptors (Lipinski definition) is 2. The molecule has 3 nitrogen and oxygen atoms in total. The zero-order valence-electron chi connectivity index (χ0n) is 13.4. The van der Waals surface area contributed by atoms with E-state index >= 15 is 0 Å². The molecule has 3 atom stereocenters. The normalized spacial score (nSPS) is 30.0. The molecule has 21 heavy (non-hydrogen) atoms. The summed E-state index contributed by atoms with van der Waals surface area (Å²) >= 11 is 0. The lowest BCUT2D eigenvalue weighted by molar-refractivity contribution is -0.131. The van der Waals surface area contributed by atoms with Gasteiger partial charge in [0, 0.05) is 6.04 Å². The Morgan fingerprint density at radius 3 is 2.76 bits per heavy atom. The highest BCUT2D eigenvalue weighted by atomic mass is 16.2. The SMILES string of the molecule is Cc1ccc(C2NCC(=O)N2C2CCCC(C)C2)c(C)c1. The van der Waals surface area contributed by atoms with Crippen LogP contribution in [0.3, 0.4) is 0 Å². The Kier molecular flexibility index (Phi) is 4.03. The largest absolute Gasteiger partial charge is 0.319 e. The van der Waals surface area contributed by atoms with Crippen LogP contribution < -0.4 is 5.32 Å². The van der Waals surface area contributed by atoms with Gasteiger partial charge in [0.05, 0.1) is 6.54 Å². The molecule has 0 aromatic heterocycles. The van der Waals surface area contributed by atoms with Gasteiger partial charge >= 0.3 is 0 Å². The van der Waals surface area contributed by atoms with Crippen LogP contribution in [0.15, 0.2) is 18.2 Å². The topological polar surface area (TPSA) is 32.3 Å². The van der Waals surface area contributed by atoms with Crippen LogP contribution in [0.2, 0.25) is 0 Å². The second-order valence-corrected chi connectivity index (χ2v) is 6.87. The Balaban J connectivity index is 1.88. The quantitative estimate of drug-likeness (QED) is 0.904. The summed E-state index contributed by atoms with van der Waals surface area (Å²) in [6.07, 6.45) is 4.91. The zero-order chi connectivity index (χ0) is 15.0. The van der Waals surface area contributed by atoms with E-state index in [0.29, 0.717) is 12.6 Å². The molecular weight excluding hydrogens is 260 g/mol. The molecule has 0 bridgehead atoms. The minimum atomic E-state index is 0.0633.